The number of hydrogen-bond donors (Lipinski definition) is 6. The second kappa shape index (κ2) is 12.5. The van der Waals surface area contributed by atoms with Crippen LogP contribution in [-0.4, -0.2) is 90.7 Å². The van der Waals surface area contributed by atoms with Gasteiger partial charge in [-0.2, -0.15) is 0 Å². The first-order valence-corrected chi connectivity index (χ1v) is 16.6. The molecule has 270 valence electrons. The lowest BCUT2D eigenvalue weighted by Crippen LogP contribution is -2.58. The smallest absolute Gasteiger partial charge is 0.262 e. The molecule has 1 aliphatic heterocycles. The van der Waals surface area contributed by atoms with E-state index in [0.717, 1.165) is 0 Å². The van der Waals surface area contributed by atoms with Crippen molar-refractivity contribution in [2.24, 2.45) is 7.05 Å². The summed E-state index contributed by atoms with van der Waals surface area (Å²) in [5.41, 5.74) is -3.60. The van der Waals surface area contributed by atoms with Gasteiger partial charge in [-0.25, -0.2) is 0 Å². The van der Waals surface area contributed by atoms with Crippen LogP contribution >= 0.6 is 11.6 Å². The van der Waals surface area contributed by atoms with Gasteiger partial charge >= 0.3 is 0 Å². The quantitative estimate of drug-likeness (QED) is 0.141. The van der Waals surface area contributed by atoms with Gasteiger partial charge in [-0.05, 0) is 25.5 Å². The van der Waals surface area contributed by atoms with E-state index in [1.807, 2.05) is 6.92 Å². The summed E-state index contributed by atoms with van der Waals surface area (Å²) in [6, 6.07) is 2.69. The number of carbonyl (C=O) groups is 2. The molecule has 3 heterocycles. The van der Waals surface area contributed by atoms with Gasteiger partial charge in [0.1, 0.15) is 47.2 Å². The zero-order valence-corrected chi connectivity index (χ0v) is 28.4. The number of rotatable bonds is 5. The van der Waals surface area contributed by atoms with Gasteiger partial charge in [-0.3, -0.25) is 19.2 Å². The van der Waals surface area contributed by atoms with Gasteiger partial charge in [0.15, 0.2) is 29.2 Å². The third-order valence-corrected chi connectivity index (χ3v) is 10.5. The van der Waals surface area contributed by atoms with Gasteiger partial charge in [-0.15, -0.1) is 0 Å². The highest BCUT2D eigenvalue weighted by Gasteiger charge is 2.47. The molecule has 0 saturated carbocycles. The first-order chi connectivity index (χ1) is 24.2. The molecule has 4 aromatic rings. The molecule has 6 N–H and O–H groups in total. The van der Waals surface area contributed by atoms with Gasteiger partial charge in [0.2, 0.25) is 11.2 Å². The van der Waals surface area contributed by atoms with Crippen LogP contribution in [-0.2, 0) is 22.9 Å². The van der Waals surface area contributed by atoms with E-state index in [4.69, 9.17) is 30.2 Å². The third kappa shape index (κ3) is 4.91. The number of methoxy groups -OCH3 is 1. The molecule has 2 aliphatic carbocycles. The molecular formula is C35H34ClNO14. The predicted octanol–water partition coefficient (Wildman–Crippen LogP) is 1.42. The van der Waals surface area contributed by atoms with Crippen molar-refractivity contribution in [3.8, 4) is 11.5 Å². The molecule has 2 aromatic carbocycles. The fourth-order valence-corrected chi connectivity index (χ4v) is 7.85. The summed E-state index contributed by atoms with van der Waals surface area (Å²) in [4.78, 5) is 56.4. The average Bonchev–Trinajstić information content (AvgIpc) is 3.10. The minimum atomic E-state index is -1.84. The monoisotopic (exact) mass is 727 g/mol. The largest absolute Gasteiger partial charge is 0.504 e. The summed E-state index contributed by atoms with van der Waals surface area (Å²) in [6.07, 6.45) is -11.8. The zero-order chi connectivity index (χ0) is 37.0. The van der Waals surface area contributed by atoms with E-state index in [0.29, 0.717) is 18.5 Å². The number of aliphatic hydroxyl groups excluding tert-OH is 5. The SMILES string of the molecule is CCCc1c(Cl)c2c(c(=O)n1C)C(=O)c1c(ccc3c(OC)c(O)c4c(=O)c5c(oc4c13)C(O)CC(OC1OC(C)C(O)C(O)C1O)C5O)C2=O. The maximum absolute atomic E-state index is 14.4. The maximum Gasteiger partial charge on any atom is 0.262 e. The van der Waals surface area contributed by atoms with Crippen molar-refractivity contribution in [1.29, 1.82) is 0 Å². The Kier molecular flexibility index (Phi) is 8.63. The number of halogens is 1. The molecular weight excluding hydrogens is 694 g/mol. The van der Waals surface area contributed by atoms with Crippen LogP contribution in [0.25, 0.3) is 21.7 Å². The molecule has 0 spiro atoms. The van der Waals surface area contributed by atoms with Crippen LogP contribution in [0.1, 0.15) is 87.8 Å². The Morgan fingerprint density at radius 2 is 1.67 bits per heavy atom. The number of ether oxygens (including phenoxy) is 3. The standard InChI is InChI=1S/C35H34ClNO14/c1-5-6-13-22(36)18-19(34(47)37(13)3)26(42)16-11(24(18)40)7-8-12-17(16)33-21(28(44)31(12)48-4)27(43)20-25(41)15(9-14(38)32(20)51-33)50-35-30(46)29(45)23(39)10(2)49-35/h7-8,10,14-15,23,25,29-30,35,38-39,41,44-46H,5-6,9H2,1-4H3. The average molecular weight is 728 g/mol. The Bertz CT molecular complexity index is 2300. The van der Waals surface area contributed by atoms with Crippen molar-refractivity contribution < 1.29 is 58.9 Å². The Morgan fingerprint density at radius 3 is 2.33 bits per heavy atom. The van der Waals surface area contributed by atoms with E-state index in [9.17, 15) is 49.8 Å². The third-order valence-electron chi connectivity index (χ3n) is 10.1. The van der Waals surface area contributed by atoms with E-state index in [2.05, 4.69) is 0 Å². The Hall–Kier alpha value is -4.19. The van der Waals surface area contributed by atoms with E-state index in [1.54, 1.807) is 0 Å². The molecule has 15 nitrogen and oxygen atoms in total. The molecule has 3 aliphatic rings. The molecule has 0 amide bonds. The second-order valence-electron chi connectivity index (χ2n) is 13.0. The van der Waals surface area contributed by atoms with Crippen molar-refractivity contribution in [2.75, 3.05) is 7.11 Å². The van der Waals surface area contributed by atoms with Gasteiger partial charge < -0.3 is 53.8 Å². The lowest BCUT2D eigenvalue weighted by Gasteiger charge is -2.42. The molecule has 7 rings (SSSR count). The highest BCUT2D eigenvalue weighted by Crippen LogP contribution is 2.48. The first kappa shape index (κ1) is 35.2. The molecule has 51 heavy (non-hydrogen) atoms. The van der Waals surface area contributed by atoms with Gasteiger partial charge in [0.05, 0.1) is 35.5 Å². The van der Waals surface area contributed by atoms with Crippen LogP contribution in [0.3, 0.4) is 0 Å². The minimum Gasteiger partial charge on any atom is -0.504 e. The van der Waals surface area contributed by atoms with Gasteiger partial charge in [0.25, 0.3) is 5.56 Å². The van der Waals surface area contributed by atoms with Gasteiger partial charge in [0, 0.05) is 41.1 Å². The number of nitrogens with zero attached hydrogens (tertiary/aromatic N) is 1. The van der Waals surface area contributed by atoms with E-state index >= 15 is 0 Å². The zero-order valence-electron chi connectivity index (χ0n) is 27.7. The van der Waals surface area contributed by atoms with Crippen LogP contribution in [0.2, 0.25) is 5.02 Å². The molecule has 1 fully saturated rings. The van der Waals surface area contributed by atoms with Crippen LogP contribution in [0.15, 0.2) is 26.1 Å². The summed E-state index contributed by atoms with van der Waals surface area (Å²) in [5.74, 6) is -3.09. The number of fused-ring (bicyclic) bond motifs is 7. The van der Waals surface area contributed by atoms with Crippen LogP contribution in [0, 0.1) is 0 Å². The van der Waals surface area contributed by atoms with E-state index in [1.165, 1.54) is 37.8 Å². The summed E-state index contributed by atoms with van der Waals surface area (Å²) in [7, 11) is 2.63. The Balaban J connectivity index is 1.45. The molecule has 2 aromatic heterocycles. The summed E-state index contributed by atoms with van der Waals surface area (Å²) < 4.78 is 24.0. The van der Waals surface area contributed by atoms with Crippen LogP contribution in [0.5, 0.6) is 11.5 Å². The molecule has 8 atom stereocenters. The topological polar surface area (TPSA) is 235 Å². The number of aliphatic hydroxyl groups is 5. The maximum atomic E-state index is 14.4. The lowest BCUT2D eigenvalue weighted by atomic mass is 9.80. The van der Waals surface area contributed by atoms with Gasteiger partial charge in [-0.1, -0.05) is 24.9 Å². The number of carbonyl (C=O) groups excluding carboxylic acids is 2. The second-order valence-corrected chi connectivity index (χ2v) is 13.4. The minimum absolute atomic E-state index is 0.0323. The number of phenolic OH excluding ortho intramolecular Hbond substituents is 1. The summed E-state index contributed by atoms with van der Waals surface area (Å²) in [5, 5.41) is 64.1. The van der Waals surface area contributed by atoms with Crippen molar-refractivity contribution in [2.45, 2.75) is 82.1 Å². The fraction of sp³-hybridized carbons (Fsp3) is 0.429. The highest BCUT2D eigenvalue weighted by atomic mass is 35.5. The van der Waals surface area contributed by atoms with E-state index < -0.39 is 112 Å². The number of aromatic nitrogens is 1. The molecule has 0 bridgehead atoms. The number of hydrogen-bond acceptors (Lipinski definition) is 14. The highest BCUT2D eigenvalue weighted by molar-refractivity contribution is 6.41. The number of benzene rings is 2. The predicted molar refractivity (Wildman–Crippen MR) is 178 cm³/mol. The van der Waals surface area contributed by atoms with Crippen molar-refractivity contribution in [3.63, 3.8) is 0 Å². The normalized spacial score (nSPS) is 27.4. The lowest BCUT2D eigenvalue weighted by molar-refractivity contribution is -0.313. The molecule has 1 saturated heterocycles. The summed E-state index contributed by atoms with van der Waals surface area (Å²) in [6.45, 7) is 3.29. The molecule has 8 unspecified atom stereocenters. The van der Waals surface area contributed by atoms with Crippen molar-refractivity contribution >= 4 is 44.9 Å². The first-order valence-electron chi connectivity index (χ1n) is 16.2. The summed E-state index contributed by atoms with van der Waals surface area (Å²) >= 11 is 6.67. The van der Waals surface area contributed by atoms with Crippen LogP contribution < -0.4 is 15.7 Å². The fourth-order valence-electron chi connectivity index (χ4n) is 7.45. The van der Waals surface area contributed by atoms with Crippen molar-refractivity contribution in [3.05, 3.63) is 77.0 Å². The van der Waals surface area contributed by atoms with E-state index in [-0.39, 0.29) is 38.2 Å². The number of aromatic hydroxyl groups is 1. The molecule has 0 radical (unpaired) electrons. The van der Waals surface area contributed by atoms with Crippen molar-refractivity contribution in [1.82, 2.24) is 4.57 Å². The Morgan fingerprint density at radius 1 is 0.961 bits per heavy atom. The number of phenols is 1. The number of pyridine rings is 1. The molecule has 16 heteroatoms. The van der Waals surface area contributed by atoms with Crippen LogP contribution in [0.4, 0.5) is 0 Å². The number of ketones is 2. The Labute approximate surface area is 292 Å².